The Morgan fingerprint density at radius 3 is 2.39 bits per heavy atom. The summed E-state index contributed by atoms with van der Waals surface area (Å²) >= 11 is 0. The zero-order valence-corrected chi connectivity index (χ0v) is 10.9. The zero-order valence-electron chi connectivity index (χ0n) is 10.9. The van der Waals surface area contributed by atoms with Crippen LogP contribution in [0, 0.1) is 12.8 Å². The molecule has 1 amide bonds. The highest BCUT2D eigenvalue weighted by atomic mass is 16.4. The van der Waals surface area contributed by atoms with Gasteiger partial charge in [-0.15, -0.1) is 0 Å². The van der Waals surface area contributed by atoms with Crippen molar-refractivity contribution in [3.05, 3.63) is 35.4 Å². The summed E-state index contributed by atoms with van der Waals surface area (Å²) in [5.74, 6) is -1.47. The monoisotopic (exact) mass is 249 g/mol. The number of rotatable bonds is 5. The molecule has 4 nitrogen and oxygen atoms in total. The Bertz CT molecular complexity index is 440. The Kier molecular flexibility index (Phi) is 4.89. The normalized spacial score (nSPS) is 12.2. The molecule has 0 heterocycles. The van der Waals surface area contributed by atoms with Crippen LogP contribution >= 0.6 is 0 Å². The number of hydrogen-bond donors (Lipinski definition) is 2. The highest BCUT2D eigenvalue weighted by Crippen LogP contribution is 2.10. The molecule has 0 unspecified atom stereocenters. The van der Waals surface area contributed by atoms with Gasteiger partial charge in [0, 0.05) is 12.3 Å². The standard InChI is InChI=1S/C14H19NO3/c1-9(2)13(16)15-12(14(17)18)8-11-7-5-4-6-10(11)3/h4-7,9,12H,8H2,1-3H3,(H,15,16)(H,17,18)/t12-/m0/s1. The van der Waals surface area contributed by atoms with Crippen LogP contribution in [0.4, 0.5) is 0 Å². The van der Waals surface area contributed by atoms with Crippen molar-refractivity contribution in [3.8, 4) is 0 Å². The molecule has 0 bridgehead atoms. The molecule has 0 aliphatic carbocycles. The molecule has 4 heteroatoms. The van der Waals surface area contributed by atoms with E-state index in [1.165, 1.54) is 0 Å². The molecule has 0 aliphatic rings. The second-order valence-corrected chi connectivity index (χ2v) is 4.68. The van der Waals surface area contributed by atoms with Gasteiger partial charge in [-0.05, 0) is 18.1 Å². The van der Waals surface area contributed by atoms with Gasteiger partial charge in [0.05, 0.1) is 0 Å². The first-order valence-corrected chi connectivity index (χ1v) is 5.99. The van der Waals surface area contributed by atoms with Gasteiger partial charge in [-0.25, -0.2) is 4.79 Å². The molecular weight excluding hydrogens is 230 g/mol. The molecule has 2 N–H and O–H groups in total. The Morgan fingerprint density at radius 1 is 1.28 bits per heavy atom. The van der Waals surface area contributed by atoms with Gasteiger partial charge in [-0.1, -0.05) is 38.1 Å². The Labute approximate surface area is 107 Å². The summed E-state index contributed by atoms with van der Waals surface area (Å²) < 4.78 is 0. The quantitative estimate of drug-likeness (QED) is 0.835. The minimum absolute atomic E-state index is 0.219. The molecule has 1 atom stereocenters. The molecule has 0 saturated carbocycles. The molecule has 0 saturated heterocycles. The van der Waals surface area contributed by atoms with Gasteiger partial charge in [0.15, 0.2) is 0 Å². The largest absolute Gasteiger partial charge is 0.480 e. The molecule has 1 aromatic carbocycles. The van der Waals surface area contributed by atoms with Gasteiger partial charge in [-0.2, -0.15) is 0 Å². The van der Waals surface area contributed by atoms with Gasteiger partial charge < -0.3 is 10.4 Å². The van der Waals surface area contributed by atoms with Crippen LogP contribution < -0.4 is 5.32 Å². The number of aryl methyl sites for hydroxylation is 1. The summed E-state index contributed by atoms with van der Waals surface area (Å²) in [5.41, 5.74) is 1.97. The van der Waals surface area contributed by atoms with Gasteiger partial charge in [0.25, 0.3) is 0 Å². The lowest BCUT2D eigenvalue weighted by molar-refractivity contribution is -0.142. The third-order valence-electron chi connectivity index (χ3n) is 2.82. The smallest absolute Gasteiger partial charge is 0.326 e. The fourth-order valence-corrected chi connectivity index (χ4v) is 1.60. The average molecular weight is 249 g/mol. The molecular formula is C14H19NO3. The van der Waals surface area contributed by atoms with Gasteiger partial charge in [0.2, 0.25) is 5.91 Å². The molecule has 1 rings (SSSR count). The molecule has 0 aliphatic heterocycles. The molecule has 1 aromatic rings. The van der Waals surface area contributed by atoms with Crippen molar-refractivity contribution in [1.29, 1.82) is 0 Å². The van der Waals surface area contributed by atoms with E-state index in [0.29, 0.717) is 6.42 Å². The van der Waals surface area contributed by atoms with Crippen LogP contribution in [0.15, 0.2) is 24.3 Å². The van der Waals surface area contributed by atoms with E-state index < -0.39 is 12.0 Å². The van der Waals surface area contributed by atoms with Crippen molar-refractivity contribution in [3.63, 3.8) is 0 Å². The van der Waals surface area contributed by atoms with E-state index in [4.69, 9.17) is 5.11 Å². The number of benzene rings is 1. The Morgan fingerprint density at radius 2 is 1.89 bits per heavy atom. The molecule has 18 heavy (non-hydrogen) atoms. The third kappa shape index (κ3) is 3.87. The van der Waals surface area contributed by atoms with E-state index in [1.54, 1.807) is 13.8 Å². The number of aliphatic carboxylic acids is 1. The molecule has 0 aromatic heterocycles. The van der Waals surface area contributed by atoms with E-state index in [1.807, 2.05) is 31.2 Å². The average Bonchev–Trinajstić information content (AvgIpc) is 2.30. The molecule has 0 radical (unpaired) electrons. The second-order valence-electron chi connectivity index (χ2n) is 4.68. The first-order chi connectivity index (χ1) is 8.41. The lowest BCUT2D eigenvalue weighted by Gasteiger charge is -2.17. The van der Waals surface area contributed by atoms with Crippen molar-refractivity contribution in [1.82, 2.24) is 5.32 Å². The minimum atomic E-state index is -1.01. The molecule has 0 fully saturated rings. The molecule has 98 valence electrons. The van der Waals surface area contributed by atoms with Crippen LogP contribution in [0.2, 0.25) is 0 Å². The highest BCUT2D eigenvalue weighted by molar-refractivity contribution is 5.84. The van der Waals surface area contributed by atoms with E-state index in [0.717, 1.165) is 11.1 Å². The maximum Gasteiger partial charge on any atom is 0.326 e. The Hall–Kier alpha value is -1.84. The summed E-state index contributed by atoms with van der Waals surface area (Å²) in [6.07, 6.45) is 0.306. The predicted molar refractivity (Wildman–Crippen MR) is 69.3 cm³/mol. The topological polar surface area (TPSA) is 66.4 Å². The fraction of sp³-hybridized carbons (Fsp3) is 0.429. The van der Waals surface area contributed by atoms with Crippen LogP contribution in [-0.4, -0.2) is 23.0 Å². The SMILES string of the molecule is Cc1ccccc1C[C@H](NC(=O)C(C)C)C(=O)O. The maximum atomic E-state index is 11.6. The summed E-state index contributed by atoms with van der Waals surface area (Å²) in [6, 6.07) is 6.71. The van der Waals surface area contributed by atoms with Crippen LogP contribution in [-0.2, 0) is 16.0 Å². The highest BCUT2D eigenvalue weighted by Gasteiger charge is 2.22. The number of carboxylic acid groups (broad SMARTS) is 1. The summed E-state index contributed by atoms with van der Waals surface area (Å²) in [5, 5.41) is 11.7. The van der Waals surface area contributed by atoms with Crippen molar-refractivity contribution in [2.45, 2.75) is 33.2 Å². The second kappa shape index (κ2) is 6.19. The van der Waals surface area contributed by atoms with E-state index in [9.17, 15) is 9.59 Å². The first-order valence-electron chi connectivity index (χ1n) is 5.99. The fourth-order valence-electron chi connectivity index (χ4n) is 1.60. The van der Waals surface area contributed by atoms with Crippen LogP contribution in [0.25, 0.3) is 0 Å². The minimum Gasteiger partial charge on any atom is -0.480 e. The Balaban J connectivity index is 2.79. The van der Waals surface area contributed by atoms with E-state index in [2.05, 4.69) is 5.32 Å². The first kappa shape index (κ1) is 14.2. The van der Waals surface area contributed by atoms with Crippen molar-refractivity contribution < 1.29 is 14.7 Å². The number of carbonyl (C=O) groups is 2. The number of carbonyl (C=O) groups excluding carboxylic acids is 1. The van der Waals surface area contributed by atoms with Gasteiger partial charge >= 0.3 is 5.97 Å². The van der Waals surface area contributed by atoms with Gasteiger partial charge in [-0.3, -0.25) is 4.79 Å². The third-order valence-corrected chi connectivity index (χ3v) is 2.82. The number of nitrogens with one attached hydrogen (secondary N) is 1. The number of hydrogen-bond acceptors (Lipinski definition) is 2. The number of carboxylic acids is 1. The van der Waals surface area contributed by atoms with Crippen molar-refractivity contribution >= 4 is 11.9 Å². The van der Waals surface area contributed by atoms with E-state index >= 15 is 0 Å². The van der Waals surface area contributed by atoms with E-state index in [-0.39, 0.29) is 11.8 Å². The molecule has 0 spiro atoms. The predicted octanol–water partition coefficient (Wildman–Crippen LogP) is 1.76. The van der Waals surface area contributed by atoms with Crippen LogP contribution in [0.3, 0.4) is 0 Å². The lowest BCUT2D eigenvalue weighted by atomic mass is 10.0. The van der Waals surface area contributed by atoms with Crippen molar-refractivity contribution in [2.24, 2.45) is 5.92 Å². The summed E-state index contributed by atoms with van der Waals surface area (Å²) in [7, 11) is 0. The number of amides is 1. The summed E-state index contributed by atoms with van der Waals surface area (Å²) in [4.78, 5) is 22.7. The van der Waals surface area contributed by atoms with Crippen LogP contribution in [0.5, 0.6) is 0 Å². The van der Waals surface area contributed by atoms with Crippen LogP contribution in [0.1, 0.15) is 25.0 Å². The maximum absolute atomic E-state index is 11.6. The lowest BCUT2D eigenvalue weighted by Crippen LogP contribution is -2.44. The zero-order chi connectivity index (χ0) is 13.7. The summed E-state index contributed by atoms with van der Waals surface area (Å²) in [6.45, 7) is 5.41. The van der Waals surface area contributed by atoms with Gasteiger partial charge in [0.1, 0.15) is 6.04 Å². The van der Waals surface area contributed by atoms with Crippen molar-refractivity contribution in [2.75, 3.05) is 0 Å².